The zero-order valence-electron chi connectivity index (χ0n) is 11.1. The molecule has 0 saturated carbocycles. The van der Waals surface area contributed by atoms with Crippen LogP contribution in [0.3, 0.4) is 0 Å². The second kappa shape index (κ2) is 5.04. The minimum Gasteiger partial charge on any atom is -0.374 e. The smallest absolute Gasteiger partial charge is 0.138 e. The van der Waals surface area contributed by atoms with Crippen molar-refractivity contribution in [3.63, 3.8) is 0 Å². The van der Waals surface area contributed by atoms with Gasteiger partial charge in [-0.15, -0.1) is 0 Å². The molecule has 2 fully saturated rings. The first kappa shape index (κ1) is 12.8. The van der Waals surface area contributed by atoms with Crippen molar-refractivity contribution < 1.29 is 13.9 Å². The first-order chi connectivity index (χ1) is 9.19. The topological polar surface area (TPSA) is 26.3 Å². The number of fused-ring (bicyclic) bond motifs is 2. The van der Waals surface area contributed by atoms with E-state index in [4.69, 9.17) is 4.74 Å². The Balaban J connectivity index is 1.92. The summed E-state index contributed by atoms with van der Waals surface area (Å²) in [6, 6.07) is 6.61. The van der Waals surface area contributed by atoms with Gasteiger partial charge in [0.25, 0.3) is 0 Å². The molecule has 2 aliphatic rings. The van der Waals surface area contributed by atoms with Crippen LogP contribution in [0.2, 0.25) is 0 Å². The van der Waals surface area contributed by atoms with Crippen molar-refractivity contribution in [3.05, 3.63) is 35.6 Å². The average Bonchev–Trinajstić information content (AvgIpc) is 2.80. The maximum absolute atomic E-state index is 13.0. The molecule has 2 aliphatic heterocycles. The molecule has 102 valence electrons. The number of hydrogen-bond donors (Lipinski definition) is 0. The molecule has 19 heavy (non-hydrogen) atoms. The van der Waals surface area contributed by atoms with Gasteiger partial charge in [-0.2, -0.15) is 0 Å². The fourth-order valence-corrected chi connectivity index (χ4v) is 3.58. The summed E-state index contributed by atoms with van der Waals surface area (Å²) in [5.74, 6) is 0.199. The number of rotatable bonds is 3. The molecule has 4 atom stereocenters. The number of carbonyl (C=O) groups is 1. The molecule has 3 rings (SSSR count). The highest BCUT2D eigenvalue weighted by Crippen LogP contribution is 2.45. The quantitative estimate of drug-likeness (QED) is 0.834. The highest BCUT2D eigenvalue weighted by atomic mass is 19.1. The van der Waals surface area contributed by atoms with Gasteiger partial charge in [0, 0.05) is 6.42 Å². The molecule has 0 spiro atoms. The zero-order chi connectivity index (χ0) is 13.4. The van der Waals surface area contributed by atoms with Crippen LogP contribution in [0, 0.1) is 11.7 Å². The summed E-state index contributed by atoms with van der Waals surface area (Å²) in [6.07, 6.45) is 3.82. The number of carbonyl (C=O) groups excluding carboxylic acids is 1. The van der Waals surface area contributed by atoms with E-state index in [1.54, 1.807) is 0 Å². The van der Waals surface area contributed by atoms with Crippen LogP contribution in [-0.4, -0.2) is 18.0 Å². The van der Waals surface area contributed by atoms with E-state index in [1.807, 2.05) is 19.1 Å². The predicted octanol–water partition coefficient (Wildman–Crippen LogP) is 3.46. The molecule has 1 aromatic carbocycles. The van der Waals surface area contributed by atoms with Crippen molar-refractivity contribution in [1.29, 1.82) is 0 Å². The summed E-state index contributed by atoms with van der Waals surface area (Å²) < 4.78 is 19.0. The van der Waals surface area contributed by atoms with E-state index in [0.29, 0.717) is 6.42 Å². The van der Waals surface area contributed by atoms with Gasteiger partial charge < -0.3 is 4.74 Å². The molecule has 2 heterocycles. The lowest BCUT2D eigenvalue weighted by molar-refractivity contribution is -0.133. The molecule has 0 aromatic heterocycles. The van der Waals surface area contributed by atoms with Gasteiger partial charge in [-0.1, -0.05) is 19.1 Å². The van der Waals surface area contributed by atoms with Crippen molar-refractivity contribution in [1.82, 2.24) is 0 Å². The fourth-order valence-electron chi connectivity index (χ4n) is 3.58. The van der Waals surface area contributed by atoms with E-state index in [2.05, 4.69) is 0 Å². The molecule has 0 amide bonds. The predicted molar refractivity (Wildman–Crippen MR) is 70.4 cm³/mol. The van der Waals surface area contributed by atoms with E-state index >= 15 is 0 Å². The number of hydrogen-bond acceptors (Lipinski definition) is 2. The van der Waals surface area contributed by atoms with Crippen LogP contribution < -0.4 is 0 Å². The monoisotopic (exact) mass is 262 g/mol. The standard InChI is InChI=1S/C16H19FO2/c1-2-14(18)16-13(9-12-7-8-15(16)19-12)10-3-5-11(17)6-4-10/h3-6,12-13,15-16H,2,7-9H2,1H3/t12?,13-,15-,16+/m0/s1. The third-order valence-corrected chi connectivity index (χ3v) is 4.51. The van der Waals surface area contributed by atoms with E-state index < -0.39 is 0 Å². The SMILES string of the molecule is CCC(=O)[C@@H]1[C@@H]2CCC(C[C@H]1c1ccc(F)cc1)O2. The van der Waals surface area contributed by atoms with Crippen LogP contribution in [0.15, 0.2) is 24.3 Å². The van der Waals surface area contributed by atoms with Gasteiger partial charge in [-0.05, 0) is 42.9 Å². The van der Waals surface area contributed by atoms with Crippen LogP contribution in [0.1, 0.15) is 44.1 Å². The first-order valence-corrected chi connectivity index (χ1v) is 7.12. The highest BCUT2D eigenvalue weighted by Gasteiger charge is 2.46. The summed E-state index contributed by atoms with van der Waals surface area (Å²) in [5, 5.41) is 0. The molecule has 2 saturated heterocycles. The Hall–Kier alpha value is -1.22. The first-order valence-electron chi connectivity index (χ1n) is 7.12. The lowest BCUT2D eigenvalue weighted by Gasteiger charge is -2.36. The van der Waals surface area contributed by atoms with E-state index in [0.717, 1.165) is 24.8 Å². The van der Waals surface area contributed by atoms with Gasteiger partial charge in [0.2, 0.25) is 0 Å². The largest absolute Gasteiger partial charge is 0.374 e. The number of Topliss-reactive ketones (excluding diaryl/α,β-unsaturated/α-hetero) is 1. The van der Waals surface area contributed by atoms with Crippen molar-refractivity contribution in [2.24, 2.45) is 5.92 Å². The highest BCUT2D eigenvalue weighted by molar-refractivity contribution is 5.82. The van der Waals surface area contributed by atoms with Gasteiger partial charge in [0.1, 0.15) is 11.6 Å². The Morgan fingerprint density at radius 2 is 2.05 bits per heavy atom. The van der Waals surface area contributed by atoms with Crippen LogP contribution in [0.5, 0.6) is 0 Å². The van der Waals surface area contributed by atoms with Gasteiger partial charge in [0.05, 0.1) is 18.1 Å². The molecule has 2 nitrogen and oxygen atoms in total. The Bertz CT molecular complexity index is 468. The number of benzene rings is 1. The third-order valence-electron chi connectivity index (χ3n) is 4.51. The molecule has 1 unspecified atom stereocenters. The Morgan fingerprint density at radius 3 is 2.74 bits per heavy atom. The molecule has 1 aromatic rings. The number of ether oxygens (including phenoxy) is 1. The normalized spacial score (nSPS) is 33.4. The molecule has 3 heteroatoms. The van der Waals surface area contributed by atoms with Gasteiger partial charge in [-0.25, -0.2) is 4.39 Å². The molecular weight excluding hydrogens is 243 g/mol. The van der Waals surface area contributed by atoms with Gasteiger partial charge >= 0.3 is 0 Å². The van der Waals surface area contributed by atoms with Crippen LogP contribution in [-0.2, 0) is 9.53 Å². The van der Waals surface area contributed by atoms with E-state index in [9.17, 15) is 9.18 Å². The Morgan fingerprint density at radius 1 is 1.32 bits per heavy atom. The van der Waals surface area contributed by atoms with Gasteiger partial charge in [-0.3, -0.25) is 4.79 Å². The summed E-state index contributed by atoms with van der Waals surface area (Å²) >= 11 is 0. The number of halogens is 1. The molecule has 2 bridgehead atoms. The van der Waals surface area contributed by atoms with E-state index in [-0.39, 0.29) is 35.6 Å². The Kier molecular flexibility index (Phi) is 3.40. The van der Waals surface area contributed by atoms with E-state index in [1.165, 1.54) is 12.1 Å². The van der Waals surface area contributed by atoms with Crippen molar-refractivity contribution >= 4 is 5.78 Å². The van der Waals surface area contributed by atoms with Crippen molar-refractivity contribution in [2.45, 2.75) is 50.7 Å². The third kappa shape index (κ3) is 2.32. The molecule has 0 N–H and O–H groups in total. The van der Waals surface area contributed by atoms with Crippen molar-refractivity contribution in [3.8, 4) is 0 Å². The van der Waals surface area contributed by atoms with Crippen LogP contribution in [0.25, 0.3) is 0 Å². The second-order valence-electron chi connectivity index (χ2n) is 5.61. The number of ketones is 1. The summed E-state index contributed by atoms with van der Waals surface area (Å²) in [4.78, 5) is 12.3. The van der Waals surface area contributed by atoms with Crippen molar-refractivity contribution in [2.75, 3.05) is 0 Å². The van der Waals surface area contributed by atoms with Crippen LogP contribution >= 0.6 is 0 Å². The second-order valence-corrected chi connectivity index (χ2v) is 5.61. The minimum absolute atomic E-state index is 0.0470. The fraction of sp³-hybridized carbons (Fsp3) is 0.562. The summed E-state index contributed by atoms with van der Waals surface area (Å²) in [5.41, 5.74) is 1.08. The summed E-state index contributed by atoms with van der Waals surface area (Å²) in [6.45, 7) is 1.91. The Labute approximate surface area is 113 Å². The van der Waals surface area contributed by atoms with Crippen LogP contribution in [0.4, 0.5) is 4.39 Å². The molecular formula is C16H19FO2. The zero-order valence-corrected chi connectivity index (χ0v) is 11.1. The maximum atomic E-state index is 13.0. The van der Waals surface area contributed by atoms with Gasteiger partial charge in [0.15, 0.2) is 0 Å². The lowest BCUT2D eigenvalue weighted by atomic mass is 9.76. The lowest BCUT2D eigenvalue weighted by Crippen LogP contribution is -2.38. The minimum atomic E-state index is -0.225. The average molecular weight is 262 g/mol. The maximum Gasteiger partial charge on any atom is 0.138 e. The molecule has 0 aliphatic carbocycles. The summed E-state index contributed by atoms with van der Waals surface area (Å²) in [7, 11) is 0. The molecule has 0 radical (unpaired) electrons.